The lowest BCUT2D eigenvalue weighted by atomic mass is 9.88. The van der Waals surface area contributed by atoms with Crippen LogP contribution < -0.4 is 16.0 Å². The summed E-state index contributed by atoms with van der Waals surface area (Å²) >= 11 is 0. The standard InChI is InChI=1S/C29H25F3N6O3/c1-18-24(26(39)41-2)25(23-10-9-19(17-33)15-20(23)11-14-36-12-4-3-5-13-36)38(28(35)40)27(34)37(18)22-8-6-7-21(16-22)29(30,31)32/h3-10,12-13,15-16,25,34H,11,14H2,1-2H3,(H-,35,40)/p+2/t25-/m1/s1. The van der Waals surface area contributed by atoms with E-state index in [1.54, 1.807) is 12.1 Å². The van der Waals surface area contributed by atoms with Gasteiger partial charge in [0.25, 0.3) is 0 Å². The molecule has 2 aromatic carbocycles. The monoisotopic (exact) mass is 564 g/mol. The summed E-state index contributed by atoms with van der Waals surface area (Å²) in [5.41, 5.74) is 12.8. The van der Waals surface area contributed by atoms with E-state index in [-0.39, 0.29) is 22.9 Å². The van der Waals surface area contributed by atoms with E-state index in [4.69, 9.17) is 16.2 Å². The summed E-state index contributed by atoms with van der Waals surface area (Å²) in [5.74, 6) is -1.14. The Bertz CT molecular complexity index is 1610. The van der Waals surface area contributed by atoms with Crippen molar-refractivity contribution >= 4 is 23.6 Å². The fraction of sp³-hybridized carbons (Fsp3) is 0.207. The second-order valence-corrected chi connectivity index (χ2v) is 9.23. The van der Waals surface area contributed by atoms with E-state index in [1.807, 2.05) is 35.2 Å². The molecule has 0 radical (unpaired) electrons. The zero-order valence-corrected chi connectivity index (χ0v) is 22.2. The van der Waals surface area contributed by atoms with Gasteiger partial charge in [0.05, 0.1) is 30.0 Å². The third kappa shape index (κ3) is 5.74. The van der Waals surface area contributed by atoms with Gasteiger partial charge in [-0.15, -0.1) is 0 Å². The van der Waals surface area contributed by atoms with Gasteiger partial charge < -0.3 is 10.5 Å². The highest BCUT2D eigenvalue weighted by atomic mass is 19.4. The van der Waals surface area contributed by atoms with Crippen molar-refractivity contribution in [3.05, 3.63) is 107 Å². The number of nitrogens with zero attached hydrogens (tertiary/aromatic N) is 4. The topological polar surface area (TPSA) is 129 Å². The number of allylic oxidation sites excluding steroid dienone is 1. The summed E-state index contributed by atoms with van der Waals surface area (Å²) in [6.45, 7) is 1.99. The number of amides is 2. The number of primary amides is 1. The first kappa shape index (κ1) is 28.8. The second-order valence-electron chi connectivity index (χ2n) is 9.23. The van der Waals surface area contributed by atoms with E-state index in [0.717, 1.165) is 28.7 Å². The van der Waals surface area contributed by atoms with Crippen LogP contribution in [0.3, 0.4) is 0 Å². The van der Waals surface area contributed by atoms with Gasteiger partial charge in [-0.25, -0.2) is 18.7 Å². The largest absolute Gasteiger partial charge is 0.465 e. The number of aromatic nitrogens is 1. The number of nitrogens with two attached hydrogens (primary N) is 2. The Hall–Kier alpha value is -5.18. The van der Waals surface area contributed by atoms with Gasteiger partial charge in [0.2, 0.25) is 0 Å². The maximum atomic E-state index is 13.5. The molecule has 0 saturated heterocycles. The Morgan fingerprint density at radius 2 is 1.80 bits per heavy atom. The van der Waals surface area contributed by atoms with Crippen molar-refractivity contribution in [3.8, 4) is 6.07 Å². The Morgan fingerprint density at radius 1 is 1.10 bits per heavy atom. The Labute approximate surface area is 234 Å². The van der Waals surface area contributed by atoms with Crippen molar-refractivity contribution < 1.29 is 36.6 Å². The van der Waals surface area contributed by atoms with Crippen LogP contribution in [0.2, 0.25) is 0 Å². The number of benzene rings is 2. The smallest absolute Gasteiger partial charge is 0.416 e. The molecule has 0 fully saturated rings. The number of methoxy groups -OCH3 is 1. The number of esters is 1. The van der Waals surface area contributed by atoms with Crippen molar-refractivity contribution in [2.24, 2.45) is 11.5 Å². The lowest BCUT2D eigenvalue weighted by Crippen LogP contribution is -2.54. The number of rotatable bonds is 6. The molecule has 2 amide bonds. The average molecular weight is 565 g/mol. The fourth-order valence-corrected chi connectivity index (χ4v) is 4.90. The number of pyridine rings is 1. The summed E-state index contributed by atoms with van der Waals surface area (Å²) in [7, 11) is 1.15. The van der Waals surface area contributed by atoms with Gasteiger partial charge in [-0.2, -0.15) is 23.3 Å². The molecule has 1 aliphatic heterocycles. The normalized spacial score (nSPS) is 15.5. The molecule has 0 unspecified atom stereocenters. The molecule has 1 aromatic heterocycles. The van der Waals surface area contributed by atoms with Crippen LogP contribution in [0.15, 0.2) is 84.3 Å². The predicted octanol–water partition coefficient (Wildman–Crippen LogP) is 3.65. The molecule has 0 bridgehead atoms. The quantitative estimate of drug-likeness (QED) is 0.349. The number of hydrogen-bond acceptors (Lipinski definition) is 5. The molecule has 2 heterocycles. The Morgan fingerprint density at radius 3 is 2.41 bits per heavy atom. The van der Waals surface area contributed by atoms with Gasteiger partial charge in [0.1, 0.15) is 17.3 Å². The molecule has 9 nitrogen and oxygen atoms in total. The maximum Gasteiger partial charge on any atom is 0.416 e. The highest BCUT2D eigenvalue weighted by Gasteiger charge is 2.47. The van der Waals surface area contributed by atoms with Crippen LogP contribution in [0.25, 0.3) is 0 Å². The molecular formula is C29H27F3N6O3+2. The van der Waals surface area contributed by atoms with Gasteiger partial charge in [0.15, 0.2) is 18.9 Å². The SMILES string of the molecule is COC(=O)C1=C(C)[N+](c2cccc(C(F)(F)F)c2)=C(N)N(C(N)=O)[C@@H]1c1ccc(C#N)cc1CC[n+]1ccccc1. The molecule has 41 heavy (non-hydrogen) atoms. The number of nitriles is 1. The Kier molecular flexibility index (Phi) is 8.09. The van der Waals surface area contributed by atoms with Crippen molar-refractivity contribution in [2.75, 3.05) is 7.11 Å². The van der Waals surface area contributed by atoms with Gasteiger partial charge in [-0.1, -0.05) is 18.2 Å². The van der Waals surface area contributed by atoms with Crippen molar-refractivity contribution in [3.63, 3.8) is 0 Å². The van der Waals surface area contributed by atoms with E-state index < -0.39 is 29.8 Å². The molecule has 210 valence electrons. The van der Waals surface area contributed by atoms with E-state index >= 15 is 0 Å². The lowest BCUT2D eigenvalue weighted by Gasteiger charge is -2.33. The van der Waals surface area contributed by atoms with Gasteiger partial charge >= 0.3 is 24.1 Å². The summed E-state index contributed by atoms with van der Waals surface area (Å²) in [6, 6.07) is 14.5. The van der Waals surface area contributed by atoms with Crippen LogP contribution in [0.5, 0.6) is 0 Å². The summed E-state index contributed by atoms with van der Waals surface area (Å²) in [6.07, 6.45) is -0.518. The molecule has 12 heteroatoms. The van der Waals surface area contributed by atoms with E-state index in [1.165, 1.54) is 25.1 Å². The third-order valence-corrected chi connectivity index (χ3v) is 6.79. The molecule has 1 aliphatic rings. The zero-order chi connectivity index (χ0) is 29.9. The molecule has 0 spiro atoms. The first-order valence-electron chi connectivity index (χ1n) is 12.4. The van der Waals surface area contributed by atoms with E-state index in [2.05, 4.69) is 6.07 Å². The van der Waals surface area contributed by atoms with Crippen LogP contribution in [-0.4, -0.2) is 34.5 Å². The summed E-state index contributed by atoms with van der Waals surface area (Å²) < 4.78 is 48.7. The number of hydrogen-bond donors (Lipinski definition) is 2. The van der Waals surface area contributed by atoms with Crippen LogP contribution >= 0.6 is 0 Å². The number of alkyl halides is 3. The van der Waals surface area contributed by atoms with E-state index in [9.17, 15) is 28.0 Å². The summed E-state index contributed by atoms with van der Waals surface area (Å²) in [4.78, 5) is 27.2. The van der Waals surface area contributed by atoms with Crippen LogP contribution in [0, 0.1) is 11.3 Å². The molecule has 0 saturated carbocycles. The van der Waals surface area contributed by atoms with Gasteiger partial charge in [0, 0.05) is 18.6 Å². The molecule has 0 aliphatic carbocycles. The number of carbonyl (C=O) groups is 2. The fourth-order valence-electron chi connectivity index (χ4n) is 4.90. The first-order chi connectivity index (χ1) is 19.5. The first-order valence-corrected chi connectivity index (χ1v) is 12.4. The van der Waals surface area contributed by atoms with Crippen molar-refractivity contribution in [1.82, 2.24) is 4.90 Å². The molecular weight excluding hydrogens is 537 g/mol. The predicted molar refractivity (Wildman–Crippen MR) is 141 cm³/mol. The number of halogens is 3. The highest BCUT2D eigenvalue weighted by molar-refractivity contribution is 5.99. The van der Waals surface area contributed by atoms with Crippen LogP contribution in [0.1, 0.15) is 35.2 Å². The highest BCUT2D eigenvalue weighted by Crippen LogP contribution is 2.40. The van der Waals surface area contributed by atoms with Gasteiger partial charge in [-0.05, 0) is 48.4 Å². The molecule has 4 N–H and O–H groups in total. The van der Waals surface area contributed by atoms with Crippen molar-refractivity contribution in [1.29, 1.82) is 5.26 Å². The van der Waals surface area contributed by atoms with Crippen LogP contribution in [-0.2, 0) is 28.7 Å². The summed E-state index contributed by atoms with van der Waals surface area (Å²) in [5, 5.41) is 9.56. The number of urea groups is 1. The lowest BCUT2D eigenvalue weighted by molar-refractivity contribution is -0.696. The minimum atomic E-state index is -4.65. The van der Waals surface area contributed by atoms with Crippen molar-refractivity contribution in [2.45, 2.75) is 32.1 Å². The van der Waals surface area contributed by atoms with E-state index in [0.29, 0.717) is 29.7 Å². The number of ether oxygens (including phenoxy) is 1. The molecule has 1 atom stereocenters. The minimum Gasteiger partial charge on any atom is -0.465 e. The molecule has 3 aromatic rings. The Balaban J connectivity index is 1.94. The minimum absolute atomic E-state index is 0.0403. The zero-order valence-electron chi connectivity index (χ0n) is 22.2. The average Bonchev–Trinajstić information content (AvgIpc) is 2.95. The number of carbonyl (C=O) groups excluding carboxylic acids is 2. The van der Waals surface area contributed by atoms with Gasteiger partial charge in [-0.3, -0.25) is 5.73 Å². The van der Waals surface area contributed by atoms with Crippen LogP contribution in [0.4, 0.5) is 23.7 Å². The maximum absolute atomic E-state index is 13.5. The number of guanidine groups is 1. The second kappa shape index (κ2) is 11.5. The number of aryl methyl sites for hydroxylation is 2. The third-order valence-electron chi connectivity index (χ3n) is 6.79. The molecule has 4 rings (SSSR count).